The summed E-state index contributed by atoms with van der Waals surface area (Å²) >= 11 is 0. The minimum atomic E-state index is 0.852. The highest BCUT2D eigenvalue weighted by atomic mass is 15.2. The van der Waals surface area contributed by atoms with E-state index in [0.717, 1.165) is 11.8 Å². The molecule has 2 heterocycles. The number of hydrogen-bond acceptors (Lipinski definition) is 3. The number of likely N-dealkylation sites (tertiary alicyclic amines) is 1. The number of piperidine rings is 1. The van der Waals surface area contributed by atoms with Gasteiger partial charge in [0.05, 0.1) is 0 Å². The third kappa shape index (κ3) is 11.1. The normalized spacial score (nSPS) is 21.5. The van der Waals surface area contributed by atoms with E-state index in [0.29, 0.717) is 0 Å². The van der Waals surface area contributed by atoms with Crippen LogP contribution in [-0.2, 0) is 0 Å². The second-order valence-electron chi connectivity index (χ2n) is 8.41. The molecule has 3 nitrogen and oxygen atoms in total. The van der Waals surface area contributed by atoms with Crippen molar-refractivity contribution in [3.05, 3.63) is 0 Å². The van der Waals surface area contributed by atoms with Gasteiger partial charge in [-0.1, -0.05) is 34.1 Å². The molecule has 2 aliphatic rings. The Morgan fingerprint density at radius 2 is 1.04 bits per heavy atom. The predicted octanol–water partition coefficient (Wildman–Crippen LogP) is 3.80. The molecule has 0 spiro atoms. The first-order valence-electron chi connectivity index (χ1n) is 10.1. The van der Waals surface area contributed by atoms with Gasteiger partial charge in [0.1, 0.15) is 0 Å². The molecule has 0 radical (unpaired) electrons. The highest BCUT2D eigenvalue weighted by Crippen LogP contribution is 2.10. The molecular weight excluding hydrogens is 282 g/mol. The van der Waals surface area contributed by atoms with Crippen LogP contribution in [0, 0.1) is 11.8 Å². The number of nitrogens with zero attached hydrogens (tertiary/aromatic N) is 3. The SMILES string of the molecule is CC(C)CCN1CCCCC1.CC(C)CCN1CCN(C)CC1. The lowest BCUT2D eigenvalue weighted by Gasteiger charge is -2.32. The first-order chi connectivity index (χ1) is 11.0. The van der Waals surface area contributed by atoms with E-state index >= 15 is 0 Å². The molecular formula is C20H43N3. The molecule has 0 aromatic rings. The van der Waals surface area contributed by atoms with E-state index < -0.39 is 0 Å². The topological polar surface area (TPSA) is 9.72 Å². The third-order valence-corrected chi connectivity index (χ3v) is 5.09. The Labute approximate surface area is 146 Å². The minimum absolute atomic E-state index is 0.852. The van der Waals surface area contributed by atoms with Crippen LogP contribution in [0.1, 0.15) is 59.8 Å². The zero-order valence-corrected chi connectivity index (χ0v) is 16.7. The lowest BCUT2D eigenvalue weighted by atomic mass is 10.1. The van der Waals surface area contributed by atoms with Gasteiger partial charge in [-0.05, 0) is 70.7 Å². The molecule has 0 bridgehead atoms. The average Bonchev–Trinajstić information content (AvgIpc) is 2.54. The van der Waals surface area contributed by atoms with Gasteiger partial charge in [0, 0.05) is 26.2 Å². The van der Waals surface area contributed by atoms with Crippen molar-refractivity contribution in [1.29, 1.82) is 0 Å². The Bertz CT molecular complexity index is 264. The maximum Gasteiger partial charge on any atom is 0.0110 e. The summed E-state index contributed by atoms with van der Waals surface area (Å²) in [5.41, 5.74) is 0. The van der Waals surface area contributed by atoms with Crippen LogP contribution in [0.5, 0.6) is 0 Å². The highest BCUT2D eigenvalue weighted by molar-refractivity contribution is 4.69. The molecule has 2 aliphatic heterocycles. The largest absolute Gasteiger partial charge is 0.304 e. The van der Waals surface area contributed by atoms with Gasteiger partial charge in [-0.25, -0.2) is 0 Å². The quantitative estimate of drug-likeness (QED) is 0.735. The van der Waals surface area contributed by atoms with Gasteiger partial charge in [-0.2, -0.15) is 0 Å². The number of piperazine rings is 1. The maximum absolute atomic E-state index is 2.61. The zero-order valence-electron chi connectivity index (χ0n) is 16.7. The van der Waals surface area contributed by atoms with Crippen molar-refractivity contribution in [2.75, 3.05) is 59.4 Å². The summed E-state index contributed by atoms with van der Waals surface area (Å²) in [6, 6.07) is 0. The van der Waals surface area contributed by atoms with Gasteiger partial charge in [0.2, 0.25) is 0 Å². The van der Waals surface area contributed by atoms with Crippen LogP contribution >= 0.6 is 0 Å². The van der Waals surface area contributed by atoms with E-state index in [1.165, 1.54) is 84.5 Å². The van der Waals surface area contributed by atoms with Crippen molar-refractivity contribution < 1.29 is 0 Å². The Balaban J connectivity index is 0.000000231. The van der Waals surface area contributed by atoms with Gasteiger partial charge >= 0.3 is 0 Å². The first kappa shape index (κ1) is 20.9. The number of rotatable bonds is 6. The number of likely N-dealkylation sites (N-methyl/N-ethyl adjacent to an activating group) is 1. The molecule has 0 aromatic heterocycles. The summed E-state index contributed by atoms with van der Waals surface area (Å²) in [5.74, 6) is 1.72. The Morgan fingerprint density at radius 1 is 0.609 bits per heavy atom. The van der Waals surface area contributed by atoms with Crippen LogP contribution in [0.4, 0.5) is 0 Å². The maximum atomic E-state index is 2.61. The lowest BCUT2D eigenvalue weighted by Crippen LogP contribution is -2.44. The molecule has 0 saturated carbocycles. The van der Waals surface area contributed by atoms with Gasteiger partial charge < -0.3 is 14.7 Å². The summed E-state index contributed by atoms with van der Waals surface area (Å²) < 4.78 is 0. The van der Waals surface area contributed by atoms with Crippen molar-refractivity contribution in [1.82, 2.24) is 14.7 Å². The van der Waals surface area contributed by atoms with Gasteiger partial charge in [0.25, 0.3) is 0 Å². The molecule has 0 unspecified atom stereocenters. The summed E-state index contributed by atoms with van der Waals surface area (Å²) in [7, 11) is 2.21. The van der Waals surface area contributed by atoms with Crippen LogP contribution in [-0.4, -0.2) is 74.1 Å². The van der Waals surface area contributed by atoms with Crippen LogP contribution < -0.4 is 0 Å². The van der Waals surface area contributed by atoms with Crippen LogP contribution in [0.15, 0.2) is 0 Å². The van der Waals surface area contributed by atoms with Crippen molar-refractivity contribution >= 4 is 0 Å². The van der Waals surface area contributed by atoms with E-state index in [-0.39, 0.29) is 0 Å². The molecule has 3 heteroatoms. The molecule has 2 fully saturated rings. The fourth-order valence-corrected chi connectivity index (χ4v) is 3.14. The molecule has 2 saturated heterocycles. The smallest absolute Gasteiger partial charge is 0.0110 e. The standard InChI is InChI=1S/C10H22N2.C10H21N/c1-10(2)4-5-12-8-6-11(3)7-9-12;1-10(2)6-9-11-7-4-3-5-8-11/h10H,4-9H2,1-3H3;10H,3-9H2,1-2H3. The predicted molar refractivity (Wildman–Crippen MR) is 103 cm³/mol. The van der Waals surface area contributed by atoms with Crippen LogP contribution in [0.25, 0.3) is 0 Å². The molecule has 2 rings (SSSR count). The Hall–Kier alpha value is -0.120. The van der Waals surface area contributed by atoms with Crippen LogP contribution in [0.2, 0.25) is 0 Å². The van der Waals surface area contributed by atoms with Crippen molar-refractivity contribution in [3.63, 3.8) is 0 Å². The first-order valence-corrected chi connectivity index (χ1v) is 10.1. The fraction of sp³-hybridized carbons (Fsp3) is 1.00. The van der Waals surface area contributed by atoms with E-state index in [9.17, 15) is 0 Å². The second-order valence-corrected chi connectivity index (χ2v) is 8.41. The third-order valence-electron chi connectivity index (χ3n) is 5.09. The van der Waals surface area contributed by atoms with Crippen molar-refractivity contribution in [2.45, 2.75) is 59.8 Å². The summed E-state index contributed by atoms with van der Waals surface area (Å²) in [5, 5.41) is 0. The zero-order chi connectivity index (χ0) is 17.1. The highest BCUT2D eigenvalue weighted by Gasteiger charge is 2.13. The van der Waals surface area contributed by atoms with E-state index in [2.05, 4.69) is 49.4 Å². The van der Waals surface area contributed by atoms with Crippen LogP contribution in [0.3, 0.4) is 0 Å². The van der Waals surface area contributed by atoms with E-state index in [1.807, 2.05) is 0 Å². The minimum Gasteiger partial charge on any atom is -0.304 e. The second kappa shape index (κ2) is 12.3. The van der Waals surface area contributed by atoms with E-state index in [4.69, 9.17) is 0 Å². The number of hydrogen-bond donors (Lipinski definition) is 0. The van der Waals surface area contributed by atoms with Gasteiger partial charge in [0.15, 0.2) is 0 Å². The van der Waals surface area contributed by atoms with E-state index in [1.54, 1.807) is 0 Å². The Kier molecular flexibility index (Phi) is 11.2. The molecule has 0 N–H and O–H groups in total. The summed E-state index contributed by atoms with van der Waals surface area (Å²) in [6.45, 7) is 19.6. The molecule has 0 aromatic carbocycles. The monoisotopic (exact) mass is 325 g/mol. The average molecular weight is 326 g/mol. The fourth-order valence-electron chi connectivity index (χ4n) is 3.14. The van der Waals surface area contributed by atoms with Crippen molar-refractivity contribution in [2.24, 2.45) is 11.8 Å². The molecule has 0 atom stereocenters. The molecule has 138 valence electrons. The summed E-state index contributed by atoms with van der Waals surface area (Å²) in [4.78, 5) is 7.61. The lowest BCUT2D eigenvalue weighted by molar-refractivity contribution is 0.148. The van der Waals surface area contributed by atoms with Gasteiger partial charge in [-0.3, -0.25) is 0 Å². The molecule has 0 aliphatic carbocycles. The summed E-state index contributed by atoms with van der Waals surface area (Å²) in [6.07, 6.45) is 7.04. The molecule has 0 amide bonds. The Morgan fingerprint density at radius 3 is 1.48 bits per heavy atom. The molecule has 23 heavy (non-hydrogen) atoms. The van der Waals surface area contributed by atoms with Crippen molar-refractivity contribution in [3.8, 4) is 0 Å². The van der Waals surface area contributed by atoms with Gasteiger partial charge in [-0.15, -0.1) is 0 Å².